The summed E-state index contributed by atoms with van der Waals surface area (Å²) in [7, 11) is 0. The zero-order valence-electron chi connectivity index (χ0n) is 21.8. The van der Waals surface area contributed by atoms with Crippen LogP contribution in [-0.4, -0.2) is 71.2 Å². The highest BCUT2D eigenvalue weighted by atomic mass is 32.1. The summed E-state index contributed by atoms with van der Waals surface area (Å²) < 4.78 is 6.42. The number of amides is 3. The van der Waals surface area contributed by atoms with Gasteiger partial charge >= 0.3 is 6.03 Å². The first-order valence-electron chi connectivity index (χ1n) is 13.3. The van der Waals surface area contributed by atoms with Gasteiger partial charge in [0, 0.05) is 49.2 Å². The summed E-state index contributed by atoms with van der Waals surface area (Å²) in [6, 6.07) is 8.20. The molecule has 202 valence electrons. The number of morpholine rings is 1. The van der Waals surface area contributed by atoms with E-state index in [0.717, 1.165) is 47.3 Å². The second kappa shape index (κ2) is 12.0. The second-order valence-corrected chi connectivity index (χ2v) is 11.0. The van der Waals surface area contributed by atoms with Crippen LogP contribution in [0.15, 0.2) is 36.0 Å². The number of thiazole rings is 1. The molecular formula is C27H35N7O3S. The quantitative estimate of drug-likeness (QED) is 0.354. The molecule has 5 rings (SSSR count). The molecule has 1 aromatic carbocycles. The number of hydrogen-bond donors (Lipinski definition) is 4. The summed E-state index contributed by atoms with van der Waals surface area (Å²) in [5, 5.41) is 13.1. The maximum Gasteiger partial charge on any atom is 0.317 e. The van der Waals surface area contributed by atoms with Crippen molar-refractivity contribution in [2.75, 3.05) is 36.9 Å². The molecule has 1 saturated carbocycles. The van der Waals surface area contributed by atoms with Crippen LogP contribution in [0.1, 0.15) is 49.9 Å². The Kier molecular flexibility index (Phi) is 8.23. The number of aromatic nitrogens is 2. The summed E-state index contributed by atoms with van der Waals surface area (Å²) in [5.41, 5.74) is 4.97. The third kappa shape index (κ3) is 6.51. The van der Waals surface area contributed by atoms with Gasteiger partial charge in [0.1, 0.15) is 5.82 Å². The topological polar surface area (TPSA) is 121 Å². The van der Waals surface area contributed by atoms with Crippen molar-refractivity contribution in [2.24, 2.45) is 0 Å². The van der Waals surface area contributed by atoms with Crippen LogP contribution in [0.2, 0.25) is 0 Å². The molecule has 0 unspecified atom stereocenters. The van der Waals surface area contributed by atoms with Crippen molar-refractivity contribution in [2.45, 2.75) is 57.7 Å². The van der Waals surface area contributed by atoms with Crippen LogP contribution in [0.3, 0.4) is 0 Å². The fourth-order valence-corrected chi connectivity index (χ4v) is 5.61. The zero-order valence-corrected chi connectivity index (χ0v) is 22.6. The number of urea groups is 1. The van der Waals surface area contributed by atoms with Crippen molar-refractivity contribution in [1.29, 1.82) is 0 Å². The minimum absolute atomic E-state index is 0.0167. The minimum atomic E-state index is -0.140. The molecule has 4 N–H and O–H groups in total. The summed E-state index contributed by atoms with van der Waals surface area (Å²) in [6.45, 7) is 6.53. The smallest absolute Gasteiger partial charge is 0.317 e. The number of nitrogens with one attached hydrogen (secondary N) is 4. The number of carbonyl (C=O) groups excluding carboxylic acids is 2. The number of carbonyl (C=O) groups is 2. The van der Waals surface area contributed by atoms with Gasteiger partial charge in [-0.1, -0.05) is 0 Å². The van der Waals surface area contributed by atoms with Crippen molar-refractivity contribution in [3.63, 3.8) is 0 Å². The van der Waals surface area contributed by atoms with Gasteiger partial charge in [-0.3, -0.25) is 4.79 Å². The van der Waals surface area contributed by atoms with E-state index in [1.165, 1.54) is 0 Å². The standard InChI is InChI=1S/C27H35N7O3S/c1-17(2)30-23-14-25(31-20-7-8-22-24(13-20)38-16-29-22)28-15-21(23)26(35)32-18-3-5-19(6-4-18)33-27(36)34-9-11-37-12-10-34/h7-8,13-19H,3-6,9-12H2,1-2H3,(H,32,35)(H,33,36)(H2,28,30,31)/t18-,19-. The highest BCUT2D eigenvalue weighted by molar-refractivity contribution is 7.16. The zero-order chi connectivity index (χ0) is 26.5. The number of nitrogens with zero attached hydrogens (tertiary/aromatic N) is 3. The monoisotopic (exact) mass is 537 g/mol. The van der Waals surface area contributed by atoms with Gasteiger partial charge in [-0.15, -0.1) is 11.3 Å². The molecule has 0 radical (unpaired) electrons. The highest BCUT2D eigenvalue weighted by Crippen LogP contribution is 2.27. The van der Waals surface area contributed by atoms with Gasteiger partial charge in [0.05, 0.1) is 40.2 Å². The molecule has 3 aromatic rings. The summed E-state index contributed by atoms with van der Waals surface area (Å²) in [6.07, 6.45) is 4.94. The molecule has 2 fully saturated rings. The van der Waals surface area contributed by atoms with Crippen LogP contribution in [0.5, 0.6) is 0 Å². The molecular weight excluding hydrogens is 502 g/mol. The Morgan fingerprint density at radius 1 is 1.03 bits per heavy atom. The Balaban J connectivity index is 1.18. The van der Waals surface area contributed by atoms with Crippen LogP contribution < -0.4 is 21.3 Å². The first kappa shape index (κ1) is 26.2. The van der Waals surface area contributed by atoms with Gasteiger partial charge < -0.3 is 30.9 Å². The largest absolute Gasteiger partial charge is 0.382 e. The third-order valence-corrected chi connectivity index (χ3v) is 7.68. The van der Waals surface area contributed by atoms with Crippen LogP contribution in [0.4, 0.5) is 22.0 Å². The van der Waals surface area contributed by atoms with E-state index in [4.69, 9.17) is 4.74 Å². The van der Waals surface area contributed by atoms with Crippen molar-refractivity contribution in [3.8, 4) is 0 Å². The second-order valence-electron chi connectivity index (χ2n) is 10.1. The molecule has 1 aliphatic heterocycles. The Hall–Kier alpha value is -3.44. The Morgan fingerprint density at radius 2 is 1.76 bits per heavy atom. The summed E-state index contributed by atoms with van der Waals surface area (Å²) in [5.74, 6) is 0.518. The van der Waals surface area contributed by atoms with E-state index in [-0.39, 0.29) is 30.1 Å². The minimum Gasteiger partial charge on any atom is -0.382 e. The first-order valence-corrected chi connectivity index (χ1v) is 14.1. The lowest BCUT2D eigenvalue weighted by molar-refractivity contribution is 0.0520. The first-order chi connectivity index (χ1) is 18.4. The van der Waals surface area contributed by atoms with E-state index in [1.807, 2.05) is 48.5 Å². The number of ether oxygens (including phenoxy) is 1. The molecule has 0 bridgehead atoms. The predicted octanol–water partition coefficient (Wildman–Crippen LogP) is 4.34. The molecule has 2 aromatic heterocycles. The van der Waals surface area contributed by atoms with Crippen molar-refractivity contribution >= 4 is 50.7 Å². The van der Waals surface area contributed by atoms with E-state index < -0.39 is 0 Å². The molecule has 38 heavy (non-hydrogen) atoms. The van der Waals surface area contributed by atoms with Crippen LogP contribution in [0, 0.1) is 0 Å². The Morgan fingerprint density at radius 3 is 2.50 bits per heavy atom. The molecule has 10 nitrogen and oxygen atoms in total. The lowest BCUT2D eigenvalue weighted by atomic mass is 9.91. The molecule has 11 heteroatoms. The number of fused-ring (bicyclic) bond motifs is 1. The SMILES string of the molecule is CC(C)Nc1cc(Nc2ccc3ncsc3c2)ncc1C(=O)N[C@H]1CC[C@H](NC(=O)N2CCOCC2)CC1. The van der Waals surface area contributed by atoms with Crippen LogP contribution in [-0.2, 0) is 4.74 Å². The Bertz CT molecular complexity index is 1270. The molecule has 1 aliphatic carbocycles. The molecule has 3 heterocycles. The average molecular weight is 538 g/mol. The highest BCUT2D eigenvalue weighted by Gasteiger charge is 2.27. The van der Waals surface area contributed by atoms with Gasteiger partial charge in [0.15, 0.2) is 0 Å². The van der Waals surface area contributed by atoms with E-state index in [1.54, 1.807) is 17.5 Å². The lowest BCUT2D eigenvalue weighted by Gasteiger charge is -2.33. The molecule has 0 atom stereocenters. The molecule has 1 saturated heterocycles. The maximum absolute atomic E-state index is 13.3. The summed E-state index contributed by atoms with van der Waals surface area (Å²) >= 11 is 1.59. The van der Waals surface area contributed by atoms with Gasteiger partial charge in [0.25, 0.3) is 5.91 Å². The summed E-state index contributed by atoms with van der Waals surface area (Å²) in [4.78, 5) is 36.4. The number of anilines is 3. The maximum atomic E-state index is 13.3. The van der Waals surface area contributed by atoms with E-state index >= 15 is 0 Å². The molecule has 3 amide bonds. The van der Waals surface area contributed by atoms with Gasteiger partial charge in [-0.25, -0.2) is 14.8 Å². The third-order valence-electron chi connectivity index (χ3n) is 6.88. The Labute approximate surface area is 226 Å². The fraction of sp³-hybridized carbons (Fsp3) is 0.481. The van der Waals surface area contributed by atoms with Crippen LogP contribution >= 0.6 is 11.3 Å². The van der Waals surface area contributed by atoms with E-state index in [9.17, 15) is 9.59 Å². The fourth-order valence-electron chi connectivity index (χ4n) is 4.89. The van der Waals surface area contributed by atoms with Crippen LogP contribution in [0.25, 0.3) is 10.2 Å². The number of benzene rings is 1. The number of hydrogen-bond acceptors (Lipinski definition) is 8. The van der Waals surface area contributed by atoms with Gasteiger partial charge in [-0.05, 0) is 57.7 Å². The number of pyridine rings is 1. The molecule has 0 spiro atoms. The van der Waals surface area contributed by atoms with Crippen molar-refractivity contribution in [3.05, 3.63) is 41.5 Å². The predicted molar refractivity (Wildman–Crippen MR) is 150 cm³/mol. The van der Waals surface area contributed by atoms with E-state index in [2.05, 4.69) is 31.2 Å². The van der Waals surface area contributed by atoms with E-state index in [0.29, 0.717) is 37.7 Å². The average Bonchev–Trinajstić information content (AvgIpc) is 3.38. The lowest BCUT2D eigenvalue weighted by Crippen LogP contribution is -2.51. The van der Waals surface area contributed by atoms with Crippen molar-refractivity contribution in [1.82, 2.24) is 25.5 Å². The van der Waals surface area contributed by atoms with Gasteiger partial charge in [-0.2, -0.15) is 0 Å². The van der Waals surface area contributed by atoms with Crippen molar-refractivity contribution < 1.29 is 14.3 Å². The van der Waals surface area contributed by atoms with Gasteiger partial charge in [0.2, 0.25) is 0 Å². The number of rotatable bonds is 7. The normalized spacial score (nSPS) is 19.8. The molecule has 2 aliphatic rings.